The highest BCUT2D eigenvalue weighted by Gasteiger charge is 2.50. The maximum absolute atomic E-state index is 12.7. The molecular formula is C15H21N3O3. The summed E-state index contributed by atoms with van der Waals surface area (Å²) in [5, 5.41) is 2.84. The summed E-state index contributed by atoms with van der Waals surface area (Å²) in [4.78, 5) is 26.0. The van der Waals surface area contributed by atoms with Gasteiger partial charge in [-0.15, -0.1) is 0 Å². The topological polar surface area (TPSA) is 84.7 Å². The zero-order valence-electron chi connectivity index (χ0n) is 12.4. The van der Waals surface area contributed by atoms with Gasteiger partial charge in [0.2, 0.25) is 0 Å². The maximum Gasteiger partial charge on any atom is 0.325 e. The zero-order valence-corrected chi connectivity index (χ0v) is 12.4. The van der Waals surface area contributed by atoms with Crippen molar-refractivity contribution in [2.75, 3.05) is 20.2 Å². The fourth-order valence-electron chi connectivity index (χ4n) is 2.59. The van der Waals surface area contributed by atoms with Gasteiger partial charge >= 0.3 is 6.03 Å². The van der Waals surface area contributed by atoms with Gasteiger partial charge in [-0.3, -0.25) is 9.69 Å². The minimum Gasteiger partial charge on any atom is -0.497 e. The number of nitrogens with one attached hydrogen (secondary N) is 1. The van der Waals surface area contributed by atoms with Gasteiger partial charge in [0.15, 0.2) is 0 Å². The van der Waals surface area contributed by atoms with E-state index in [9.17, 15) is 9.59 Å². The Kier molecular flexibility index (Phi) is 4.47. The Hall–Kier alpha value is -2.08. The van der Waals surface area contributed by atoms with Crippen LogP contribution in [0.5, 0.6) is 5.75 Å². The molecular weight excluding hydrogens is 270 g/mol. The first-order valence-electron chi connectivity index (χ1n) is 7.07. The SMILES string of the molecule is CCC1(c2ccc(OC)cc2)NC(=O)N(CCCN)C1=O. The third-order valence-electron chi connectivity index (χ3n) is 3.87. The first-order chi connectivity index (χ1) is 10.1. The second kappa shape index (κ2) is 6.13. The molecule has 21 heavy (non-hydrogen) atoms. The number of hydrogen-bond acceptors (Lipinski definition) is 4. The fourth-order valence-corrected chi connectivity index (χ4v) is 2.59. The molecule has 1 aromatic rings. The van der Waals surface area contributed by atoms with E-state index in [0.29, 0.717) is 31.7 Å². The molecule has 0 radical (unpaired) electrons. The number of urea groups is 1. The summed E-state index contributed by atoms with van der Waals surface area (Å²) in [5.41, 5.74) is 5.23. The van der Waals surface area contributed by atoms with Crippen molar-refractivity contribution in [2.24, 2.45) is 5.73 Å². The largest absolute Gasteiger partial charge is 0.497 e. The Morgan fingerprint density at radius 1 is 1.29 bits per heavy atom. The number of nitrogens with two attached hydrogens (primary N) is 1. The molecule has 0 spiro atoms. The number of ether oxygens (including phenoxy) is 1. The lowest BCUT2D eigenvalue weighted by atomic mass is 9.87. The van der Waals surface area contributed by atoms with Gasteiger partial charge in [-0.25, -0.2) is 4.79 Å². The van der Waals surface area contributed by atoms with Crippen LogP contribution in [-0.2, 0) is 10.3 Å². The summed E-state index contributed by atoms with van der Waals surface area (Å²) in [5.74, 6) is 0.496. The lowest BCUT2D eigenvalue weighted by Gasteiger charge is -2.26. The van der Waals surface area contributed by atoms with Gasteiger partial charge in [0.25, 0.3) is 5.91 Å². The van der Waals surface area contributed by atoms with E-state index in [0.717, 1.165) is 5.56 Å². The number of methoxy groups -OCH3 is 1. The highest BCUT2D eigenvalue weighted by molar-refractivity contribution is 6.07. The highest BCUT2D eigenvalue weighted by atomic mass is 16.5. The maximum atomic E-state index is 12.7. The number of imide groups is 1. The number of benzene rings is 1. The molecule has 6 nitrogen and oxygen atoms in total. The molecule has 1 unspecified atom stereocenters. The minimum absolute atomic E-state index is 0.214. The standard InChI is InChI=1S/C15H21N3O3/c1-3-15(11-5-7-12(21-2)8-6-11)13(19)18(10-4-9-16)14(20)17-15/h5-8H,3-4,9-10,16H2,1-2H3,(H,17,20). The smallest absolute Gasteiger partial charge is 0.325 e. The van der Waals surface area contributed by atoms with Gasteiger partial charge in [-0.1, -0.05) is 19.1 Å². The molecule has 0 bridgehead atoms. The number of carbonyl (C=O) groups excluding carboxylic acids is 2. The van der Waals surface area contributed by atoms with Crippen LogP contribution in [0.15, 0.2) is 24.3 Å². The van der Waals surface area contributed by atoms with Crippen molar-refractivity contribution < 1.29 is 14.3 Å². The Balaban J connectivity index is 2.32. The van der Waals surface area contributed by atoms with E-state index in [1.165, 1.54) is 4.90 Å². The molecule has 1 atom stereocenters. The molecule has 1 aliphatic rings. The second-order valence-electron chi connectivity index (χ2n) is 5.02. The lowest BCUT2D eigenvalue weighted by molar-refractivity contribution is -0.131. The van der Waals surface area contributed by atoms with E-state index in [1.54, 1.807) is 19.2 Å². The van der Waals surface area contributed by atoms with Crippen LogP contribution in [0.25, 0.3) is 0 Å². The van der Waals surface area contributed by atoms with Crippen molar-refractivity contribution >= 4 is 11.9 Å². The third-order valence-corrected chi connectivity index (χ3v) is 3.87. The molecule has 3 N–H and O–H groups in total. The van der Waals surface area contributed by atoms with E-state index in [-0.39, 0.29) is 11.9 Å². The first-order valence-corrected chi connectivity index (χ1v) is 7.07. The number of carbonyl (C=O) groups is 2. The van der Waals surface area contributed by atoms with Crippen molar-refractivity contribution in [3.63, 3.8) is 0 Å². The summed E-state index contributed by atoms with van der Waals surface area (Å²) in [6.45, 7) is 2.67. The van der Waals surface area contributed by atoms with E-state index in [4.69, 9.17) is 10.5 Å². The molecule has 0 aromatic heterocycles. The van der Waals surface area contributed by atoms with Crippen molar-refractivity contribution in [3.8, 4) is 5.75 Å². The van der Waals surface area contributed by atoms with Crippen molar-refractivity contribution in [3.05, 3.63) is 29.8 Å². The van der Waals surface area contributed by atoms with Crippen LogP contribution in [0.1, 0.15) is 25.3 Å². The Morgan fingerprint density at radius 3 is 2.48 bits per heavy atom. The molecule has 0 saturated carbocycles. The quantitative estimate of drug-likeness (QED) is 0.771. The summed E-state index contributed by atoms with van der Waals surface area (Å²) in [7, 11) is 1.58. The van der Waals surface area contributed by atoms with Gasteiger partial charge in [-0.2, -0.15) is 0 Å². The molecule has 0 aliphatic carbocycles. The zero-order chi connectivity index (χ0) is 15.5. The molecule has 114 valence electrons. The molecule has 1 aromatic carbocycles. The van der Waals surface area contributed by atoms with E-state index < -0.39 is 5.54 Å². The fraction of sp³-hybridized carbons (Fsp3) is 0.467. The Labute approximate surface area is 124 Å². The minimum atomic E-state index is -0.988. The predicted octanol–water partition coefficient (Wildman–Crippen LogP) is 1.20. The van der Waals surface area contributed by atoms with Crippen LogP contribution in [0.4, 0.5) is 4.79 Å². The van der Waals surface area contributed by atoms with Gasteiger partial charge in [0.1, 0.15) is 11.3 Å². The van der Waals surface area contributed by atoms with E-state index in [2.05, 4.69) is 5.32 Å². The first kappa shape index (κ1) is 15.3. The monoisotopic (exact) mass is 291 g/mol. The average molecular weight is 291 g/mol. The highest BCUT2D eigenvalue weighted by Crippen LogP contribution is 2.33. The Bertz CT molecular complexity index is 529. The number of hydrogen-bond donors (Lipinski definition) is 2. The van der Waals surface area contributed by atoms with Gasteiger partial charge < -0.3 is 15.8 Å². The molecule has 3 amide bonds. The average Bonchev–Trinajstić information content (AvgIpc) is 2.77. The van der Waals surface area contributed by atoms with Crippen LogP contribution in [0.3, 0.4) is 0 Å². The third kappa shape index (κ3) is 2.58. The number of nitrogens with zero attached hydrogens (tertiary/aromatic N) is 1. The van der Waals surface area contributed by atoms with Gasteiger partial charge in [0.05, 0.1) is 7.11 Å². The molecule has 6 heteroatoms. The molecule has 2 rings (SSSR count). The van der Waals surface area contributed by atoms with Gasteiger partial charge in [0, 0.05) is 6.54 Å². The Morgan fingerprint density at radius 2 is 1.95 bits per heavy atom. The van der Waals surface area contributed by atoms with Crippen molar-refractivity contribution in [1.29, 1.82) is 0 Å². The molecule has 1 fully saturated rings. The number of rotatable bonds is 6. The molecule has 1 saturated heterocycles. The van der Waals surface area contributed by atoms with Crippen molar-refractivity contribution in [1.82, 2.24) is 10.2 Å². The van der Waals surface area contributed by atoms with Crippen LogP contribution >= 0.6 is 0 Å². The second-order valence-corrected chi connectivity index (χ2v) is 5.02. The van der Waals surface area contributed by atoms with Crippen LogP contribution < -0.4 is 15.8 Å². The molecule has 1 aliphatic heterocycles. The summed E-state index contributed by atoms with van der Waals surface area (Å²) >= 11 is 0. The van der Waals surface area contributed by atoms with Crippen molar-refractivity contribution in [2.45, 2.75) is 25.3 Å². The van der Waals surface area contributed by atoms with Crippen LogP contribution in [-0.4, -0.2) is 37.0 Å². The summed E-state index contributed by atoms with van der Waals surface area (Å²) in [6, 6.07) is 6.84. The van der Waals surface area contributed by atoms with E-state index >= 15 is 0 Å². The van der Waals surface area contributed by atoms with E-state index in [1.807, 2.05) is 19.1 Å². The predicted molar refractivity (Wildman–Crippen MR) is 78.9 cm³/mol. The lowest BCUT2D eigenvalue weighted by Crippen LogP contribution is -2.43. The summed E-state index contributed by atoms with van der Waals surface area (Å²) in [6.07, 6.45) is 1.09. The summed E-state index contributed by atoms with van der Waals surface area (Å²) < 4.78 is 5.12. The molecule has 1 heterocycles. The normalized spacial score (nSPS) is 21.6. The van der Waals surface area contributed by atoms with Crippen LogP contribution in [0, 0.1) is 0 Å². The number of amides is 3. The van der Waals surface area contributed by atoms with Gasteiger partial charge in [-0.05, 0) is 37.1 Å². The van der Waals surface area contributed by atoms with Crippen LogP contribution in [0.2, 0.25) is 0 Å².